The molecular weight excluding hydrogens is 234 g/mol. The largest absolute Gasteiger partial charge is 0.355 e. The summed E-state index contributed by atoms with van der Waals surface area (Å²) < 4.78 is 2.38. The van der Waals surface area contributed by atoms with E-state index >= 15 is 0 Å². The number of benzene rings is 1. The Bertz CT molecular complexity index is 573. The van der Waals surface area contributed by atoms with Crippen molar-refractivity contribution in [2.75, 3.05) is 11.9 Å². The highest BCUT2D eigenvalue weighted by Gasteiger charge is 2.32. The fourth-order valence-corrected chi connectivity index (χ4v) is 3.54. The molecule has 1 N–H and O–H groups in total. The first-order valence-electron chi connectivity index (χ1n) is 7.30. The van der Waals surface area contributed by atoms with E-state index in [1.54, 1.807) is 0 Å². The van der Waals surface area contributed by atoms with Gasteiger partial charge >= 0.3 is 0 Å². The molecule has 2 atom stereocenters. The Hall–Kier alpha value is -1.77. The van der Waals surface area contributed by atoms with Gasteiger partial charge in [0.15, 0.2) is 0 Å². The fourth-order valence-electron chi connectivity index (χ4n) is 3.54. The summed E-state index contributed by atoms with van der Waals surface area (Å²) in [5, 5.41) is 3.50. The molecule has 1 aliphatic carbocycles. The first kappa shape index (κ1) is 11.1. The Labute approximate surface area is 113 Å². The summed E-state index contributed by atoms with van der Waals surface area (Å²) in [5.74, 6) is 1.85. The lowest BCUT2D eigenvalue weighted by Gasteiger charge is -2.37. The molecule has 2 aliphatic rings. The Kier molecular flexibility index (Phi) is 2.57. The molecule has 2 heterocycles. The first-order valence-corrected chi connectivity index (χ1v) is 7.30. The number of aromatic nitrogens is 2. The van der Waals surface area contributed by atoms with E-state index in [4.69, 9.17) is 4.98 Å². The van der Waals surface area contributed by atoms with Gasteiger partial charge in [-0.3, -0.25) is 0 Å². The van der Waals surface area contributed by atoms with Crippen LogP contribution in [0.4, 0.5) is 5.95 Å². The van der Waals surface area contributed by atoms with E-state index in [0.717, 1.165) is 24.1 Å². The maximum absolute atomic E-state index is 4.76. The zero-order valence-electron chi connectivity index (χ0n) is 11.0. The molecule has 4 rings (SSSR count). The molecule has 0 bridgehead atoms. The number of nitrogens with zero attached hydrogens (tertiary/aromatic N) is 2. The van der Waals surface area contributed by atoms with E-state index in [1.807, 2.05) is 0 Å². The van der Waals surface area contributed by atoms with Gasteiger partial charge in [0.25, 0.3) is 0 Å². The monoisotopic (exact) mass is 253 g/mol. The zero-order chi connectivity index (χ0) is 12.7. The van der Waals surface area contributed by atoms with Gasteiger partial charge < -0.3 is 9.88 Å². The molecule has 1 aromatic carbocycles. The first-order chi connectivity index (χ1) is 9.42. The van der Waals surface area contributed by atoms with Crippen LogP contribution >= 0.6 is 0 Å². The van der Waals surface area contributed by atoms with Crippen LogP contribution in [0.5, 0.6) is 0 Å². The SMILES string of the molecule is c1ccc(-c2cn3c(n2)NCC2CCCCC23)cc1. The summed E-state index contributed by atoms with van der Waals surface area (Å²) in [6.07, 6.45) is 7.65. The van der Waals surface area contributed by atoms with Gasteiger partial charge in [-0.1, -0.05) is 43.2 Å². The minimum absolute atomic E-state index is 0.662. The molecule has 19 heavy (non-hydrogen) atoms. The molecule has 2 unspecified atom stereocenters. The Balaban J connectivity index is 1.73. The summed E-state index contributed by atoms with van der Waals surface area (Å²) >= 11 is 0. The van der Waals surface area contributed by atoms with Crippen molar-refractivity contribution in [2.24, 2.45) is 5.92 Å². The third-order valence-electron chi connectivity index (χ3n) is 4.55. The Morgan fingerprint density at radius 3 is 2.84 bits per heavy atom. The summed E-state index contributed by atoms with van der Waals surface area (Å²) in [7, 11) is 0. The highest BCUT2D eigenvalue weighted by atomic mass is 15.2. The van der Waals surface area contributed by atoms with E-state index in [0.29, 0.717) is 6.04 Å². The van der Waals surface area contributed by atoms with Crippen molar-refractivity contribution in [2.45, 2.75) is 31.7 Å². The predicted molar refractivity (Wildman–Crippen MR) is 77.1 cm³/mol. The van der Waals surface area contributed by atoms with Crippen molar-refractivity contribution in [1.82, 2.24) is 9.55 Å². The summed E-state index contributed by atoms with van der Waals surface area (Å²) in [6, 6.07) is 11.1. The molecule has 1 aliphatic heterocycles. The lowest BCUT2D eigenvalue weighted by molar-refractivity contribution is 0.238. The molecule has 3 nitrogen and oxygen atoms in total. The normalized spacial score (nSPS) is 25.3. The lowest BCUT2D eigenvalue weighted by atomic mass is 9.83. The maximum atomic E-state index is 4.76. The van der Waals surface area contributed by atoms with Crippen molar-refractivity contribution < 1.29 is 0 Å². The Morgan fingerprint density at radius 1 is 1.11 bits per heavy atom. The number of fused-ring (bicyclic) bond motifs is 3. The molecule has 0 saturated heterocycles. The molecule has 3 heteroatoms. The van der Waals surface area contributed by atoms with Crippen LogP contribution in [-0.4, -0.2) is 16.1 Å². The molecule has 0 radical (unpaired) electrons. The molecule has 1 fully saturated rings. The van der Waals surface area contributed by atoms with E-state index in [1.165, 1.54) is 31.2 Å². The zero-order valence-corrected chi connectivity index (χ0v) is 11.0. The standard InChI is InChI=1S/C16H19N3/c1-2-6-12(7-3-1)14-11-19-15-9-5-4-8-13(15)10-17-16(19)18-14/h1-3,6-7,11,13,15H,4-5,8-10H2,(H,17,18). The van der Waals surface area contributed by atoms with Crippen LogP contribution < -0.4 is 5.32 Å². The van der Waals surface area contributed by atoms with Gasteiger partial charge in [0.1, 0.15) is 0 Å². The topological polar surface area (TPSA) is 29.9 Å². The van der Waals surface area contributed by atoms with Crippen LogP contribution in [0.1, 0.15) is 31.7 Å². The van der Waals surface area contributed by atoms with Crippen molar-refractivity contribution >= 4 is 5.95 Å². The highest BCUT2D eigenvalue weighted by Crippen LogP contribution is 2.39. The molecule has 2 aromatic rings. The van der Waals surface area contributed by atoms with Crippen LogP contribution in [-0.2, 0) is 0 Å². The van der Waals surface area contributed by atoms with Crippen LogP contribution in [0, 0.1) is 5.92 Å². The average molecular weight is 253 g/mol. The lowest BCUT2D eigenvalue weighted by Crippen LogP contribution is -2.34. The van der Waals surface area contributed by atoms with E-state index in [9.17, 15) is 0 Å². The average Bonchev–Trinajstić information content (AvgIpc) is 2.93. The van der Waals surface area contributed by atoms with Crippen molar-refractivity contribution in [1.29, 1.82) is 0 Å². The fraction of sp³-hybridized carbons (Fsp3) is 0.438. The van der Waals surface area contributed by atoms with Gasteiger partial charge in [-0.25, -0.2) is 4.98 Å². The van der Waals surface area contributed by atoms with E-state index in [-0.39, 0.29) is 0 Å². The summed E-state index contributed by atoms with van der Waals surface area (Å²) in [6.45, 7) is 1.09. The van der Waals surface area contributed by atoms with Crippen LogP contribution in [0.25, 0.3) is 11.3 Å². The Morgan fingerprint density at radius 2 is 1.95 bits per heavy atom. The van der Waals surface area contributed by atoms with Crippen LogP contribution in [0.15, 0.2) is 36.5 Å². The summed E-state index contributed by atoms with van der Waals surface area (Å²) in [4.78, 5) is 4.76. The second-order valence-electron chi connectivity index (χ2n) is 5.72. The maximum Gasteiger partial charge on any atom is 0.203 e. The molecule has 0 amide bonds. The molecule has 1 saturated carbocycles. The van der Waals surface area contributed by atoms with Crippen LogP contribution in [0.2, 0.25) is 0 Å². The molecule has 1 aromatic heterocycles. The number of hydrogen-bond acceptors (Lipinski definition) is 2. The van der Waals surface area contributed by atoms with Gasteiger partial charge in [0, 0.05) is 24.3 Å². The number of imidazole rings is 1. The highest BCUT2D eigenvalue weighted by molar-refractivity contribution is 5.61. The predicted octanol–water partition coefficient (Wildman–Crippen LogP) is 3.71. The number of nitrogens with one attached hydrogen (secondary N) is 1. The van der Waals surface area contributed by atoms with Gasteiger partial charge in [-0.05, 0) is 18.8 Å². The number of anilines is 1. The molecular formula is C16H19N3. The van der Waals surface area contributed by atoms with E-state index in [2.05, 4.69) is 46.4 Å². The number of rotatable bonds is 1. The molecule has 98 valence electrons. The van der Waals surface area contributed by atoms with Gasteiger partial charge in [0.2, 0.25) is 5.95 Å². The van der Waals surface area contributed by atoms with Gasteiger partial charge in [-0.2, -0.15) is 0 Å². The molecule has 0 spiro atoms. The minimum atomic E-state index is 0.662. The number of hydrogen-bond donors (Lipinski definition) is 1. The minimum Gasteiger partial charge on any atom is -0.355 e. The van der Waals surface area contributed by atoms with Crippen molar-refractivity contribution in [3.05, 3.63) is 36.5 Å². The third kappa shape index (κ3) is 1.84. The quantitative estimate of drug-likeness (QED) is 0.839. The van der Waals surface area contributed by atoms with Gasteiger partial charge in [-0.15, -0.1) is 0 Å². The van der Waals surface area contributed by atoms with Crippen molar-refractivity contribution in [3.8, 4) is 11.3 Å². The van der Waals surface area contributed by atoms with Crippen molar-refractivity contribution in [3.63, 3.8) is 0 Å². The van der Waals surface area contributed by atoms with Crippen LogP contribution in [0.3, 0.4) is 0 Å². The summed E-state index contributed by atoms with van der Waals surface area (Å²) in [5.41, 5.74) is 2.30. The van der Waals surface area contributed by atoms with E-state index < -0.39 is 0 Å². The third-order valence-corrected chi connectivity index (χ3v) is 4.55. The second kappa shape index (κ2) is 4.41. The van der Waals surface area contributed by atoms with Gasteiger partial charge in [0.05, 0.1) is 5.69 Å². The smallest absolute Gasteiger partial charge is 0.203 e. The second-order valence-corrected chi connectivity index (χ2v) is 5.72.